The second-order valence-corrected chi connectivity index (χ2v) is 3.63. The Hall–Kier alpha value is -1.81. The summed E-state index contributed by atoms with van der Waals surface area (Å²) < 4.78 is 4.77. The Kier molecular flexibility index (Phi) is 2.92. The van der Waals surface area contributed by atoms with E-state index in [1.54, 1.807) is 24.3 Å². The molecule has 1 heterocycles. The fourth-order valence-electron chi connectivity index (χ4n) is 1.26. The van der Waals surface area contributed by atoms with Crippen molar-refractivity contribution in [2.45, 2.75) is 6.23 Å². The zero-order valence-electron chi connectivity index (χ0n) is 8.14. The molecule has 0 radical (unpaired) electrons. The molecule has 0 aliphatic carbocycles. The fraction of sp³-hybridized carbons (Fsp3) is 0.0909. The number of esters is 1. The zero-order chi connectivity index (χ0) is 11.5. The normalized spacial score (nSPS) is 18.3. The van der Waals surface area contributed by atoms with Gasteiger partial charge in [0.1, 0.15) is 0 Å². The molecule has 1 atom stereocenters. The molecule has 1 amide bonds. The van der Waals surface area contributed by atoms with E-state index in [2.05, 4.69) is 5.32 Å². The Bertz CT molecular complexity index is 453. The lowest BCUT2D eigenvalue weighted by Gasteiger charge is -2.10. The molecule has 1 aliphatic heterocycles. The van der Waals surface area contributed by atoms with Crippen LogP contribution in [0.5, 0.6) is 0 Å². The molecule has 4 nitrogen and oxygen atoms in total. The third kappa shape index (κ3) is 2.41. The van der Waals surface area contributed by atoms with Crippen LogP contribution in [0.1, 0.15) is 10.4 Å². The molecule has 2 rings (SSSR count). The fourth-order valence-corrected chi connectivity index (χ4v) is 1.39. The predicted molar refractivity (Wildman–Crippen MR) is 57.9 cm³/mol. The van der Waals surface area contributed by atoms with E-state index in [1.807, 2.05) is 0 Å². The minimum Gasteiger partial charge on any atom is -0.435 e. The number of nitrogens with one attached hydrogen (secondary N) is 1. The van der Waals surface area contributed by atoms with Gasteiger partial charge in [0.15, 0.2) is 6.23 Å². The molecule has 0 bridgehead atoms. The maximum absolute atomic E-state index is 11.6. The Labute approximate surface area is 96.9 Å². The van der Waals surface area contributed by atoms with Crippen molar-refractivity contribution in [2.24, 2.45) is 0 Å². The van der Waals surface area contributed by atoms with E-state index in [9.17, 15) is 9.59 Å². The van der Waals surface area contributed by atoms with E-state index >= 15 is 0 Å². The topological polar surface area (TPSA) is 55.4 Å². The molecular weight excluding hydrogens is 230 g/mol. The predicted octanol–water partition coefficient (Wildman–Crippen LogP) is 1.51. The highest BCUT2D eigenvalue weighted by Crippen LogP contribution is 2.10. The van der Waals surface area contributed by atoms with Gasteiger partial charge in [-0.05, 0) is 30.3 Å². The molecule has 16 heavy (non-hydrogen) atoms. The number of ether oxygens (including phenoxy) is 1. The van der Waals surface area contributed by atoms with Gasteiger partial charge in [0.05, 0.1) is 0 Å². The van der Waals surface area contributed by atoms with Gasteiger partial charge < -0.3 is 10.1 Å². The summed E-state index contributed by atoms with van der Waals surface area (Å²) in [6, 6.07) is 6.43. The first kappa shape index (κ1) is 10.7. The van der Waals surface area contributed by atoms with Crippen LogP contribution < -0.4 is 5.32 Å². The van der Waals surface area contributed by atoms with Crippen molar-refractivity contribution in [3.8, 4) is 0 Å². The summed E-state index contributed by atoms with van der Waals surface area (Å²) in [7, 11) is 0. The minimum absolute atomic E-state index is 0.319. The van der Waals surface area contributed by atoms with Crippen molar-refractivity contribution < 1.29 is 14.3 Å². The van der Waals surface area contributed by atoms with E-state index in [0.717, 1.165) is 0 Å². The van der Waals surface area contributed by atoms with Crippen molar-refractivity contribution in [1.29, 1.82) is 0 Å². The Balaban J connectivity index is 2.01. The molecule has 0 saturated carbocycles. The van der Waals surface area contributed by atoms with Crippen LogP contribution in [0, 0.1) is 0 Å². The molecule has 1 aromatic carbocycles. The second-order valence-electron chi connectivity index (χ2n) is 3.20. The highest BCUT2D eigenvalue weighted by Gasteiger charge is 2.18. The lowest BCUT2D eigenvalue weighted by atomic mass is 10.2. The maximum Gasteiger partial charge on any atom is 0.332 e. The van der Waals surface area contributed by atoms with E-state index in [0.29, 0.717) is 10.6 Å². The quantitative estimate of drug-likeness (QED) is 0.794. The second kappa shape index (κ2) is 4.37. The number of cyclic esters (lactones) is 1. The molecule has 5 heteroatoms. The average molecular weight is 238 g/mol. The number of rotatable bonds is 2. The highest BCUT2D eigenvalue weighted by molar-refractivity contribution is 6.30. The Morgan fingerprint density at radius 1 is 1.31 bits per heavy atom. The first-order valence-corrected chi connectivity index (χ1v) is 4.98. The highest BCUT2D eigenvalue weighted by atomic mass is 35.5. The van der Waals surface area contributed by atoms with E-state index < -0.39 is 12.2 Å². The molecule has 0 fully saturated rings. The van der Waals surface area contributed by atoms with Crippen LogP contribution in [0.2, 0.25) is 5.02 Å². The first-order valence-electron chi connectivity index (χ1n) is 4.60. The van der Waals surface area contributed by atoms with E-state index in [4.69, 9.17) is 16.3 Å². The van der Waals surface area contributed by atoms with Crippen molar-refractivity contribution in [2.75, 3.05) is 0 Å². The van der Waals surface area contributed by atoms with Crippen molar-refractivity contribution >= 4 is 23.5 Å². The Morgan fingerprint density at radius 2 is 2.00 bits per heavy atom. The standard InChI is InChI=1S/C11H8ClNO3/c12-8-3-1-7(2-4-8)11(15)13-9-5-6-10(14)16-9/h1-6,9H,(H,13,15). The number of benzene rings is 1. The van der Waals surface area contributed by atoms with Crippen LogP contribution in [0.15, 0.2) is 36.4 Å². The van der Waals surface area contributed by atoms with Crippen LogP contribution in [0.4, 0.5) is 0 Å². The van der Waals surface area contributed by atoms with Gasteiger partial charge in [-0.15, -0.1) is 0 Å². The zero-order valence-corrected chi connectivity index (χ0v) is 8.90. The van der Waals surface area contributed by atoms with Gasteiger partial charge >= 0.3 is 5.97 Å². The number of carbonyl (C=O) groups is 2. The van der Waals surface area contributed by atoms with Crippen molar-refractivity contribution in [1.82, 2.24) is 5.32 Å². The molecule has 1 aliphatic rings. The number of halogens is 1. The van der Waals surface area contributed by atoms with Gasteiger partial charge in [-0.3, -0.25) is 4.79 Å². The van der Waals surface area contributed by atoms with Gasteiger partial charge in [0.25, 0.3) is 5.91 Å². The monoisotopic (exact) mass is 237 g/mol. The third-order valence-electron chi connectivity index (χ3n) is 2.03. The van der Waals surface area contributed by atoms with E-state index in [-0.39, 0.29) is 5.91 Å². The Morgan fingerprint density at radius 3 is 2.56 bits per heavy atom. The maximum atomic E-state index is 11.6. The van der Waals surface area contributed by atoms with Crippen LogP contribution in [-0.2, 0) is 9.53 Å². The van der Waals surface area contributed by atoms with Gasteiger partial charge in [0, 0.05) is 16.7 Å². The van der Waals surface area contributed by atoms with Gasteiger partial charge in [-0.25, -0.2) is 4.79 Å². The largest absolute Gasteiger partial charge is 0.435 e. The summed E-state index contributed by atoms with van der Waals surface area (Å²) >= 11 is 5.69. The summed E-state index contributed by atoms with van der Waals surface area (Å²) in [5.74, 6) is -0.776. The third-order valence-corrected chi connectivity index (χ3v) is 2.28. The number of hydrogen-bond donors (Lipinski definition) is 1. The molecular formula is C11H8ClNO3. The lowest BCUT2D eigenvalue weighted by Crippen LogP contribution is -2.34. The molecule has 1 unspecified atom stereocenters. The SMILES string of the molecule is O=C1C=CC(NC(=O)c2ccc(Cl)cc2)O1. The molecule has 0 saturated heterocycles. The molecule has 82 valence electrons. The number of amides is 1. The van der Waals surface area contributed by atoms with Gasteiger partial charge in [-0.2, -0.15) is 0 Å². The summed E-state index contributed by atoms with van der Waals surface area (Å²) in [5.41, 5.74) is 0.459. The number of carbonyl (C=O) groups excluding carboxylic acids is 2. The van der Waals surface area contributed by atoms with Crippen LogP contribution in [0.3, 0.4) is 0 Å². The smallest absolute Gasteiger partial charge is 0.332 e. The van der Waals surface area contributed by atoms with Crippen LogP contribution in [-0.4, -0.2) is 18.1 Å². The molecule has 1 N–H and O–H groups in total. The summed E-state index contributed by atoms with van der Waals surface area (Å²) in [6.45, 7) is 0. The van der Waals surface area contributed by atoms with Crippen molar-refractivity contribution in [3.05, 3.63) is 47.0 Å². The van der Waals surface area contributed by atoms with Gasteiger partial charge in [-0.1, -0.05) is 11.6 Å². The lowest BCUT2D eigenvalue weighted by molar-refractivity contribution is -0.139. The molecule has 0 spiro atoms. The molecule has 1 aromatic rings. The van der Waals surface area contributed by atoms with Crippen LogP contribution in [0.25, 0.3) is 0 Å². The molecule has 0 aromatic heterocycles. The summed E-state index contributed by atoms with van der Waals surface area (Å²) in [6.07, 6.45) is 2.07. The van der Waals surface area contributed by atoms with Gasteiger partial charge in [0.2, 0.25) is 0 Å². The van der Waals surface area contributed by atoms with Crippen molar-refractivity contribution in [3.63, 3.8) is 0 Å². The van der Waals surface area contributed by atoms with Crippen LogP contribution >= 0.6 is 11.6 Å². The average Bonchev–Trinajstić information content (AvgIpc) is 2.65. The summed E-state index contributed by atoms with van der Waals surface area (Å²) in [4.78, 5) is 22.4. The number of hydrogen-bond acceptors (Lipinski definition) is 3. The minimum atomic E-state index is -0.685. The first-order chi connectivity index (χ1) is 7.65. The van der Waals surface area contributed by atoms with E-state index in [1.165, 1.54) is 12.2 Å². The summed E-state index contributed by atoms with van der Waals surface area (Å²) in [5, 5.41) is 3.09.